The van der Waals surface area contributed by atoms with Gasteiger partial charge in [0.05, 0.1) is 0 Å². The summed E-state index contributed by atoms with van der Waals surface area (Å²) in [5.41, 5.74) is 7.39. The number of halogens is 2. The second-order valence-corrected chi connectivity index (χ2v) is 4.93. The fourth-order valence-corrected chi connectivity index (χ4v) is 1.95. The van der Waals surface area contributed by atoms with Crippen LogP contribution in [0.3, 0.4) is 0 Å². The Morgan fingerprint density at radius 1 is 1.14 bits per heavy atom. The normalized spacial score (nSPS) is 10.5. The number of carbonyl (C=O) groups excluding carboxylic acids is 1. The van der Waals surface area contributed by atoms with Crippen molar-refractivity contribution in [3.05, 3.63) is 64.2 Å². The molecule has 21 heavy (non-hydrogen) atoms. The van der Waals surface area contributed by atoms with E-state index in [1.807, 2.05) is 0 Å². The summed E-state index contributed by atoms with van der Waals surface area (Å²) in [4.78, 5) is 11.2. The minimum Gasteiger partial charge on any atom is -0.381 e. The van der Waals surface area contributed by atoms with Gasteiger partial charge in [-0.2, -0.15) is 0 Å². The number of carbonyl (C=O) groups is 1. The van der Waals surface area contributed by atoms with Crippen molar-refractivity contribution < 1.29 is 13.6 Å². The standard InChI is InChI=1S/C16H16F2N2O/c1-9-3-4-11(5-13(9)17)8-20-15-7-12(16(19)21)6-14(18)10(15)2/h3-7,20H,8H2,1-2H3,(H2,19,21). The average molecular weight is 290 g/mol. The molecule has 0 radical (unpaired) electrons. The Labute approximate surface area is 121 Å². The number of primary amides is 1. The van der Waals surface area contributed by atoms with E-state index in [-0.39, 0.29) is 11.4 Å². The maximum atomic E-state index is 13.7. The van der Waals surface area contributed by atoms with Crippen molar-refractivity contribution >= 4 is 11.6 Å². The zero-order valence-corrected chi connectivity index (χ0v) is 11.8. The molecule has 0 saturated carbocycles. The number of hydrogen-bond acceptors (Lipinski definition) is 2. The first-order chi connectivity index (χ1) is 9.88. The van der Waals surface area contributed by atoms with Crippen LogP contribution in [0, 0.1) is 25.5 Å². The van der Waals surface area contributed by atoms with Gasteiger partial charge in [-0.3, -0.25) is 4.79 Å². The Balaban J connectivity index is 2.23. The van der Waals surface area contributed by atoms with Crippen LogP contribution >= 0.6 is 0 Å². The van der Waals surface area contributed by atoms with Crippen molar-refractivity contribution in [3.63, 3.8) is 0 Å². The SMILES string of the molecule is Cc1ccc(CNc2cc(C(N)=O)cc(F)c2C)cc1F. The van der Waals surface area contributed by atoms with Crippen molar-refractivity contribution in [1.29, 1.82) is 0 Å². The lowest BCUT2D eigenvalue weighted by Crippen LogP contribution is -2.13. The Hall–Kier alpha value is -2.43. The molecule has 0 saturated heterocycles. The van der Waals surface area contributed by atoms with Crippen LogP contribution in [0.25, 0.3) is 0 Å². The predicted molar refractivity (Wildman–Crippen MR) is 78.1 cm³/mol. The largest absolute Gasteiger partial charge is 0.381 e. The van der Waals surface area contributed by atoms with Crippen LogP contribution in [0.15, 0.2) is 30.3 Å². The zero-order chi connectivity index (χ0) is 15.6. The topological polar surface area (TPSA) is 55.1 Å². The Bertz CT molecular complexity index is 699. The number of amides is 1. The quantitative estimate of drug-likeness (QED) is 0.907. The van der Waals surface area contributed by atoms with E-state index in [0.717, 1.165) is 11.6 Å². The van der Waals surface area contributed by atoms with Gasteiger partial charge in [0.25, 0.3) is 0 Å². The summed E-state index contributed by atoms with van der Waals surface area (Å²) in [6, 6.07) is 7.49. The van der Waals surface area contributed by atoms with Gasteiger partial charge in [0.1, 0.15) is 11.6 Å². The summed E-state index contributed by atoms with van der Waals surface area (Å²) in [6.45, 7) is 3.60. The van der Waals surface area contributed by atoms with Gasteiger partial charge in [-0.1, -0.05) is 12.1 Å². The van der Waals surface area contributed by atoms with Crippen LogP contribution in [-0.4, -0.2) is 5.91 Å². The Morgan fingerprint density at radius 2 is 1.86 bits per heavy atom. The highest BCUT2D eigenvalue weighted by molar-refractivity contribution is 5.94. The lowest BCUT2D eigenvalue weighted by Gasteiger charge is -2.12. The van der Waals surface area contributed by atoms with E-state index in [1.165, 1.54) is 12.1 Å². The number of anilines is 1. The summed E-state index contributed by atoms with van der Waals surface area (Å²) < 4.78 is 27.2. The van der Waals surface area contributed by atoms with E-state index >= 15 is 0 Å². The number of nitrogens with two attached hydrogens (primary N) is 1. The number of rotatable bonds is 4. The predicted octanol–water partition coefficient (Wildman–Crippen LogP) is 3.29. The third kappa shape index (κ3) is 3.37. The van der Waals surface area contributed by atoms with Gasteiger partial charge < -0.3 is 11.1 Å². The first kappa shape index (κ1) is 15.0. The van der Waals surface area contributed by atoms with Crippen LogP contribution in [0.2, 0.25) is 0 Å². The van der Waals surface area contributed by atoms with Crippen molar-refractivity contribution in [1.82, 2.24) is 0 Å². The molecule has 3 nitrogen and oxygen atoms in total. The van der Waals surface area contributed by atoms with Crippen molar-refractivity contribution in [3.8, 4) is 0 Å². The first-order valence-electron chi connectivity index (χ1n) is 6.47. The number of nitrogens with one attached hydrogen (secondary N) is 1. The van der Waals surface area contributed by atoms with E-state index in [9.17, 15) is 13.6 Å². The molecule has 0 atom stereocenters. The molecular weight excluding hydrogens is 274 g/mol. The minimum atomic E-state index is -0.696. The molecule has 1 amide bonds. The number of benzene rings is 2. The molecule has 0 aliphatic carbocycles. The summed E-state index contributed by atoms with van der Waals surface area (Å²) in [7, 11) is 0. The molecule has 0 aromatic heterocycles. The van der Waals surface area contributed by atoms with Gasteiger partial charge in [-0.05, 0) is 43.2 Å². The molecule has 0 aliphatic rings. The Kier molecular flexibility index (Phi) is 4.21. The average Bonchev–Trinajstić information content (AvgIpc) is 2.43. The van der Waals surface area contributed by atoms with Crippen molar-refractivity contribution in [2.45, 2.75) is 20.4 Å². The summed E-state index contributed by atoms with van der Waals surface area (Å²) in [5.74, 6) is -1.50. The van der Waals surface area contributed by atoms with E-state index in [1.54, 1.807) is 26.0 Å². The number of hydrogen-bond donors (Lipinski definition) is 2. The van der Waals surface area contributed by atoms with Crippen LogP contribution in [0.4, 0.5) is 14.5 Å². The Morgan fingerprint density at radius 3 is 2.48 bits per heavy atom. The van der Waals surface area contributed by atoms with Crippen molar-refractivity contribution in [2.75, 3.05) is 5.32 Å². The summed E-state index contributed by atoms with van der Waals surface area (Å²) in [5, 5.41) is 3.00. The minimum absolute atomic E-state index is 0.0932. The van der Waals surface area contributed by atoms with Crippen LogP contribution in [0.5, 0.6) is 0 Å². The van der Waals surface area contributed by atoms with E-state index in [0.29, 0.717) is 23.4 Å². The van der Waals surface area contributed by atoms with Gasteiger partial charge in [-0.15, -0.1) is 0 Å². The van der Waals surface area contributed by atoms with Crippen LogP contribution in [0.1, 0.15) is 27.0 Å². The van der Waals surface area contributed by atoms with E-state index in [2.05, 4.69) is 5.32 Å². The molecule has 0 fully saturated rings. The fourth-order valence-electron chi connectivity index (χ4n) is 1.95. The molecule has 2 aromatic rings. The van der Waals surface area contributed by atoms with E-state index < -0.39 is 11.7 Å². The zero-order valence-electron chi connectivity index (χ0n) is 11.8. The molecule has 110 valence electrons. The fraction of sp³-hybridized carbons (Fsp3) is 0.188. The molecule has 3 N–H and O–H groups in total. The monoisotopic (exact) mass is 290 g/mol. The molecule has 0 bridgehead atoms. The third-order valence-corrected chi connectivity index (χ3v) is 3.35. The van der Waals surface area contributed by atoms with E-state index in [4.69, 9.17) is 5.73 Å². The summed E-state index contributed by atoms with van der Waals surface area (Å²) >= 11 is 0. The molecule has 0 heterocycles. The van der Waals surface area contributed by atoms with Crippen molar-refractivity contribution in [2.24, 2.45) is 5.73 Å². The molecule has 5 heteroatoms. The van der Waals surface area contributed by atoms with Crippen LogP contribution < -0.4 is 11.1 Å². The third-order valence-electron chi connectivity index (χ3n) is 3.35. The second-order valence-electron chi connectivity index (χ2n) is 4.93. The van der Waals surface area contributed by atoms with Gasteiger partial charge in [0.2, 0.25) is 5.91 Å². The highest BCUT2D eigenvalue weighted by Crippen LogP contribution is 2.21. The lowest BCUT2D eigenvalue weighted by molar-refractivity contribution is 0.1000. The molecule has 2 aromatic carbocycles. The molecule has 0 spiro atoms. The maximum Gasteiger partial charge on any atom is 0.248 e. The highest BCUT2D eigenvalue weighted by Gasteiger charge is 2.10. The van der Waals surface area contributed by atoms with Gasteiger partial charge in [0.15, 0.2) is 0 Å². The molecule has 2 rings (SSSR count). The second kappa shape index (κ2) is 5.91. The van der Waals surface area contributed by atoms with Gasteiger partial charge in [0, 0.05) is 23.4 Å². The molecule has 0 aliphatic heterocycles. The highest BCUT2D eigenvalue weighted by atomic mass is 19.1. The van der Waals surface area contributed by atoms with Crippen LogP contribution in [-0.2, 0) is 6.54 Å². The first-order valence-corrected chi connectivity index (χ1v) is 6.47. The lowest BCUT2D eigenvalue weighted by atomic mass is 10.1. The maximum absolute atomic E-state index is 13.7. The smallest absolute Gasteiger partial charge is 0.248 e. The molecule has 0 unspecified atom stereocenters. The van der Waals surface area contributed by atoms with Gasteiger partial charge >= 0.3 is 0 Å². The number of aryl methyl sites for hydroxylation is 1. The molecular formula is C16H16F2N2O. The summed E-state index contributed by atoms with van der Waals surface area (Å²) in [6.07, 6.45) is 0. The van der Waals surface area contributed by atoms with Gasteiger partial charge in [-0.25, -0.2) is 8.78 Å².